The van der Waals surface area contributed by atoms with Gasteiger partial charge in [0.1, 0.15) is 0 Å². The van der Waals surface area contributed by atoms with E-state index in [0.29, 0.717) is 6.04 Å². The van der Waals surface area contributed by atoms with Crippen LogP contribution in [0.1, 0.15) is 53.4 Å². The molecular formula is C13H29NO. The van der Waals surface area contributed by atoms with Gasteiger partial charge < -0.3 is 10.1 Å². The van der Waals surface area contributed by atoms with E-state index in [1.807, 2.05) is 0 Å². The minimum absolute atomic E-state index is 0.631. The van der Waals surface area contributed by atoms with Crippen LogP contribution in [0.5, 0.6) is 0 Å². The molecule has 2 unspecified atom stereocenters. The number of hydrogen-bond acceptors (Lipinski definition) is 2. The van der Waals surface area contributed by atoms with Gasteiger partial charge in [-0.3, -0.25) is 0 Å². The Morgan fingerprint density at radius 2 is 1.73 bits per heavy atom. The monoisotopic (exact) mass is 215 g/mol. The minimum Gasteiger partial charge on any atom is -0.381 e. The second kappa shape index (κ2) is 10.4. The normalized spacial score (nSPS) is 15.2. The molecule has 0 saturated carbocycles. The lowest BCUT2D eigenvalue weighted by Crippen LogP contribution is -2.36. The third-order valence-electron chi connectivity index (χ3n) is 2.82. The second-order valence-electron chi connectivity index (χ2n) is 4.33. The van der Waals surface area contributed by atoms with Crippen molar-refractivity contribution in [2.24, 2.45) is 5.92 Å². The van der Waals surface area contributed by atoms with Crippen LogP contribution in [0.25, 0.3) is 0 Å². The molecular weight excluding hydrogens is 186 g/mol. The van der Waals surface area contributed by atoms with Gasteiger partial charge in [-0.15, -0.1) is 0 Å². The van der Waals surface area contributed by atoms with Crippen LogP contribution in [0.2, 0.25) is 0 Å². The molecule has 2 atom stereocenters. The third kappa shape index (κ3) is 7.80. The molecule has 0 amide bonds. The predicted molar refractivity (Wildman–Crippen MR) is 67.3 cm³/mol. The lowest BCUT2D eigenvalue weighted by atomic mass is 9.94. The van der Waals surface area contributed by atoms with E-state index in [9.17, 15) is 0 Å². The molecule has 0 rings (SSSR count). The Hall–Kier alpha value is -0.0800. The summed E-state index contributed by atoms with van der Waals surface area (Å²) in [6.07, 6.45) is 4.86. The summed E-state index contributed by atoms with van der Waals surface area (Å²) in [4.78, 5) is 0. The summed E-state index contributed by atoms with van der Waals surface area (Å²) in [5.41, 5.74) is 0. The van der Waals surface area contributed by atoms with Crippen LogP contribution in [0, 0.1) is 5.92 Å². The standard InChI is InChI=1S/C13H29NO/c1-5-8-12(4)13(14-7-3)9-11-15-10-6-2/h12-14H,5-11H2,1-4H3. The zero-order chi connectivity index (χ0) is 11.5. The maximum Gasteiger partial charge on any atom is 0.0480 e. The van der Waals surface area contributed by atoms with Crippen LogP contribution in [-0.2, 0) is 4.74 Å². The Morgan fingerprint density at radius 3 is 2.27 bits per heavy atom. The molecule has 0 bridgehead atoms. The lowest BCUT2D eigenvalue weighted by molar-refractivity contribution is 0.118. The van der Waals surface area contributed by atoms with E-state index in [1.54, 1.807) is 0 Å². The second-order valence-corrected chi connectivity index (χ2v) is 4.33. The molecule has 0 fully saturated rings. The van der Waals surface area contributed by atoms with Crippen molar-refractivity contribution < 1.29 is 4.74 Å². The van der Waals surface area contributed by atoms with Crippen molar-refractivity contribution in [3.8, 4) is 0 Å². The van der Waals surface area contributed by atoms with Gasteiger partial charge in [-0.25, -0.2) is 0 Å². The Morgan fingerprint density at radius 1 is 1.00 bits per heavy atom. The zero-order valence-corrected chi connectivity index (χ0v) is 11.0. The topological polar surface area (TPSA) is 21.3 Å². The van der Waals surface area contributed by atoms with E-state index >= 15 is 0 Å². The molecule has 2 heteroatoms. The maximum atomic E-state index is 5.55. The smallest absolute Gasteiger partial charge is 0.0480 e. The van der Waals surface area contributed by atoms with Crippen LogP contribution >= 0.6 is 0 Å². The first kappa shape index (κ1) is 14.9. The van der Waals surface area contributed by atoms with E-state index < -0.39 is 0 Å². The molecule has 0 heterocycles. The molecule has 0 spiro atoms. The van der Waals surface area contributed by atoms with Gasteiger partial charge in [-0.1, -0.05) is 34.1 Å². The highest BCUT2D eigenvalue weighted by atomic mass is 16.5. The number of rotatable bonds is 10. The fourth-order valence-electron chi connectivity index (χ4n) is 1.96. The molecule has 0 aliphatic heterocycles. The Balaban J connectivity index is 3.71. The van der Waals surface area contributed by atoms with Crippen molar-refractivity contribution in [3.05, 3.63) is 0 Å². The molecule has 0 aliphatic carbocycles. The highest BCUT2D eigenvalue weighted by molar-refractivity contribution is 4.72. The van der Waals surface area contributed by atoms with Gasteiger partial charge >= 0.3 is 0 Å². The van der Waals surface area contributed by atoms with Gasteiger partial charge in [0.25, 0.3) is 0 Å². The molecule has 0 aromatic carbocycles. The Kier molecular flexibility index (Phi) is 10.4. The highest BCUT2D eigenvalue weighted by Gasteiger charge is 2.14. The van der Waals surface area contributed by atoms with E-state index in [1.165, 1.54) is 12.8 Å². The SMILES string of the molecule is CCCOCCC(NCC)C(C)CCC. The van der Waals surface area contributed by atoms with Crippen molar-refractivity contribution in [2.45, 2.75) is 59.4 Å². The van der Waals surface area contributed by atoms with Crippen LogP contribution in [0.3, 0.4) is 0 Å². The number of nitrogens with one attached hydrogen (secondary N) is 1. The van der Waals surface area contributed by atoms with Gasteiger partial charge in [-0.2, -0.15) is 0 Å². The summed E-state index contributed by atoms with van der Waals surface area (Å²) in [7, 11) is 0. The van der Waals surface area contributed by atoms with Gasteiger partial charge in [0.15, 0.2) is 0 Å². The molecule has 92 valence electrons. The van der Waals surface area contributed by atoms with E-state index in [0.717, 1.165) is 38.5 Å². The Bertz CT molecular complexity index is 128. The molecule has 0 aromatic heterocycles. The van der Waals surface area contributed by atoms with Gasteiger partial charge in [-0.05, 0) is 31.7 Å². The molecule has 1 N–H and O–H groups in total. The van der Waals surface area contributed by atoms with Crippen LogP contribution in [-0.4, -0.2) is 25.8 Å². The summed E-state index contributed by atoms with van der Waals surface area (Å²) < 4.78 is 5.55. The first-order valence-corrected chi connectivity index (χ1v) is 6.57. The van der Waals surface area contributed by atoms with Crippen molar-refractivity contribution in [1.82, 2.24) is 5.32 Å². The minimum atomic E-state index is 0.631. The van der Waals surface area contributed by atoms with Gasteiger partial charge in [0, 0.05) is 19.3 Å². The summed E-state index contributed by atoms with van der Waals surface area (Å²) in [5, 5.41) is 3.56. The summed E-state index contributed by atoms with van der Waals surface area (Å²) in [6.45, 7) is 11.8. The van der Waals surface area contributed by atoms with E-state index in [-0.39, 0.29) is 0 Å². The maximum absolute atomic E-state index is 5.55. The zero-order valence-electron chi connectivity index (χ0n) is 11.0. The van der Waals surface area contributed by atoms with Crippen molar-refractivity contribution in [3.63, 3.8) is 0 Å². The van der Waals surface area contributed by atoms with Crippen LogP contribution in [0.4, 0.5) is 0 Å². The average Bonchev–Trinajstić information content (AvgIpc) is 2.23. The van der Waals surface area contributed by atoms with E-state index in [2.05, 4.69) is 33.0 Å². The number of ether oxygens (including phenoxy) is 1. The summed E-state index contributed by atoms with van der Waals surface area (Å²) in [6, 6.07) is 0.631. The predicted octanol–water partition coefficient (Wildman–Crippen LogP) is 3.22. The van der Waals surface area contributed by atoms with Gasteiger partial charge in [0.05, 0.1) is 0 Å². The van der Waals surface area contributed by atoms with Crippen LogP contribution in [0.15, 0.2) is 0 Å². The van der Waals surface area contributed by atoms with Crippen LogP contribution < -0.4 is 5.32 Å². The lowest BCUT2D eigenvalue weighted by Gasteiger charge is -2.24. The first-order valence-electron chi connectivity index (χ1n) is 6.57. The van der Waals surface area contributed by atoms with Gasteiger partial charge in [0.2, 0.25) is 0 Å². The molecule has 15 heavy (non-hydrogen) atoms. The van der Waals surface area contributed by atoms with Crippen molar-refractivity contribution in [2.75, 3.05) is 19.8 Å². The average molecular weight is 215 g/mol. The molecule has 0 saturated heterocycles. The van der Waals surface area contributed by atoms with Crippen molar-refractivity contribution >= 4 is 0 Å². The summed E-state index contributed by atoms with van der Waals surface area (Å²) >= 11 is 0. The molecule has 0 radical (unpaired) electrons. The van der Waals surface area contributed by atoms with Crippen molar-refractivity contribution in [1.29, 1.82) is 0 Å². The number of hydrogen-bond donors (Lipinski definition) is 1. The summed E-state index contributed by atoms with van der Waals surface area (Å²) in [5.74, 6) is 0.764. The van der Waals surface area contributed by atoms with E-state index in [4.69, 9.17) is 4.74 Å². The fourth-order valence-corrected chi connectivity index (χ4v) is 1.96. The largest absolute Gasteiger partial charge is 0.381 e. The molecule has 0 aromatic rings. The molecule has 0 aliphatic rings. The third-order valence-corrected chi connectivity index (χ3v) is 2.82. The molecule has 2 nitrogen and oxygen atoms in total. The Labute approximate surface area is 95.8 Å². The fraction of sp³-hybridized carbons (Fsp3) is 1.00. The first-order chi connectivity index (χ1) is 7.26. The highest BCUT2D eigenvalue weighted by Crippen LogP contribution is 2.13. The quantitative estimate of drug-likeness (QED) is 0.565.